The fourth-order valence-corrected chi connectivity index (χ4v) is 5.17. The molecule has 1 unspecified atom stereocenters. The molecule has 4 rings (SSSR count). The third-order valence-corrected chi connectivity index (χ3v) is 7.03. The summed E-state index contributed by atoms with van der Waals surface area (Å²) in [6.45, 7) is 2.32. The van der Waals surface area contributed by atoms with E-state index in [9.17, 15) is 9.59 Å². The number of hydrogen-bond acceptors (Lipinski definition) is 7. The van der Waals surface area contributed by atoms with Crippen LogP contribution in [0.3, 0.4) is 0 Å². The molecule has 7 nitrogen and oxygen atoms in total. The summed E-state index contributed by atoms with van der Waals surface area (Å²) in [5.41, 5.74) is 2.32. The Morgan fingerprint density at radius 3 is 2.74 bits per heavy atom. The number of hydrogen-bond donors (Lipinski definition) is 1. The highest BCUT2D eigenvalue weighted by molar-refractivity contribution is 7.99. The van der Waals surface area contributed by atoms with Gasteiger partial charge in [-0.25, -0.2) is 4.98 Å². The minimum absolute atomic E-state index is 0.209. The Hall–Kier alpha value is -3.30. The van der Waals surface area contributed by atoms with Gasteiger partial charge in [0.1, 0.15) is 24.1 Å². The van der Waals surface area contributed by atoms with Crippen LogP contribution >= 0.6 is 23.1 Å². The van der Waals surface area contributed by atoms with E-state index >= 15 is 0 Å². The number of anilines is 1. The van der Waals surface area contributed by atoms with Crippen molar-refractivity contribution in [2.45, 2.75) is 19.6 Å². The summed E-state index contributed by atoms with van der Waals surface area (Å²) >= 11 is 3.14. The highest BCUT2D eigenvalue weighted by Gasteiger charge is 2.33. The zero-order valence-electron chi connectivity index (χ0n) is 18.9. The Balaban J connectivity index is 1.39. The predicted octanol–water partition coefficient (Wildman–Crippen LogP) is 4.59. The number of benzene rings is 2. The minimum atomic E-state index is -0.538. The number of thioether (sulfide) groups is 1. The monoisotopic (exact) mass is 495 g/mol. The first kappa shape index (κ1) is 23.8. The van der Waals surface area contributed by atoms with Gasteiger partial charge in [-0.05, 0) is 43.3 Å². The number of amides is 2. The summed E-state index contributed by atoms with van der Waals surface area (Å²) < 4.78 is 11.1. The van der Waals surface area contributed by atoms with Crippen LogP contribution in [0.1, 0.15) is 16.3 Å². The summed E-state index contributed by atoms with van der Waals surface area (Å²) in [6, 6.07) is 14.1. The number of para-hydroxylation sites is 1. The lowest BCUT2D eigenvalue weighted by molar-refractivity contribution is -0.132. The SMILES string of the molecule is COc1ccc(NC(=O)C2CSCN2C(=O)/C=C/c2ccccc2OCc2csc(C)n2)cc1. The van der Waals surface area contributed by atoms with Gasteiger partial charge in [-0.3, -0.25) is 9.59 Å². The van der Waals surface area contributed by atoms with Gasteiger partial charge in [0.25, 0.3) is 0 Å². The zero-order valence-corrected chi connectivity index (χ0v) is 20.5. The number of methoxy groups -OCH3 is 1. The van der Waals surface area contributed by atoms with Crippen LogP contribution in [-0.2, 0) is 16.2 Å². The van der Waals surface area contributed by atoms with Crippen molar-refractivity contribution in [2.75, 3.05) is 24.1 Å². The second-order valence-electron chi connectivity index (χ2n) is 7.56. The molecule has 9 heteroatoms. The summed E-state index contributed by atoms with van der Waals surface area (Å²) in [6.07, 6.45) is 3.22. The Morgan fingerprint density at radius 1 is 1.21 bits per heavy atom. The lowest BCUT2D eigenvalue weighted by atomic mass is 10.1. The Kier molecular flexibility index (Phi) is 7.87. The van der Waals surface area contributed by atoms with Crippen LogP contribution in [-0.4, -0.2) is 46.5 Å². The molecule has 1 fully saturated rings. The molecule has 0 bridgehead atoms. The molecule has 0 saturated carbocycles. The first-order valence-corrected chi connectivity index (χ1v) is 12.7. The molecule has 0 aliphatic carbocycles. The fourth-order valence-electron chi connectivity index (χ4n) is 3.41. The van der Waals surface area contributed by atoms with Gasteiger partial charge in [-0.2, -0.15) is 0 Å². The summed E-state index contributed by atoms with van der Waals surface area (Å²) in [7, 11) is 1.59. The van der Waals surface area contributed by atoms with Gasteiger partial charge in [0.2, 0.25) is 11.8 Å². The second kappa shape index (κ2) is 11.2. The highest BCUT2D eigenvalue weighted by Crippen LogP contribution is 2.25. The fraction of sp³-hybridized carbons (Fsp3) is 0.240. The topological polar surface area (TPSA) is 80.8 Å². The number of nitrogens with zero attached hydrogens (tertiary/aromatic N) is 2. The lowest BCUT2D eigenvalue weighted by Gasteiger charge is -2.21. The number of nitrogens with one attached hydrogen (secondary N) is 1. The largest absolute Gasteiger partial charge is 0.497 e. The summed E-state index contributed by atoms with van der Waals surface area (Å²) in [4.78, 5) is 31.8. The molecule has 1 aromatic heterocycles. The Labute approximate surface area is 206 Å². The first-order chi connectivity index (χ1) is 16.5. The number of aromatic nitrogens is 1. The van der Waals surface area contributed by atoms with Crippen molar-refractivity contribution in [1.29, 1.82) is 0 Å². The van der Waals surface area contributed by atoms with E-state index in [0.717, 1.165) is 16.3 Å². The maximum atomic E-state index is 12.9. The second-order valence-corrected chi connectivity index (χ2v) is 9.62. The number of carbonyl (C=O) groups is 2. The van der Waals surface area contributed by atoms with Gasteiger partial charge in [0.15, 0.2) is 0 Å². The quantitative estimate of drug-likeness (QED) is 0.461. The van der Waals surface area contributed by atoms with E-state index in [-0.39, 0.29) is 11.8 Å². The van der Waals surface area contributed by atoms with Crippen molar-refractivity contribution in [3.63, 3.8) is 0 Å². The molecule has 176 valence electrons. The van der Waals surface area contributed by atoms with Crippen LogP contribution in [0, 0.1) is 6.92 Å². The first-order valence-electron chi connectivity index (χ1n) is 10.7. The van der Waals surface area contributed by atoms with Crippen LogP contribution in [0.2, 0.25) is 0 Å². The molecule has 3 aromatic rings. The molecule has 2 amide bonds. The smallest absolute Gasteiger partial charge is 0.248 e. The Bertz CT molecular complexity index is 1180. The van der Waals surface area contributed by atoms with Crippen LogP contribution < -0.4 is 14.8 Å². The van der Waals surface area contributed by atoms with Gasteiger partial charge in [-0.15, -0.1) is 23.1 Å². The average Bonchev–Trinajstić information content (AvgIpc) is 3.51. The number of aryl methyl sites for hydroxylation is 1. The van der Waals surface area contributed by atoms with Crippen LogP contribution in [0.15, 0.2) is 60.0 Å². The van der Waals surface area contributed by atoms with Gasteiger partial charge in [0, 0.05) is 28.5 Å². The maximum absolute atomic E-state index is 12.9. The predicted molar refractivity (Wildman–Crippen MR) is 136 cm³/mol. The summed E-state index contributed by atoms with van der Waals surface area (Å²) in [5.74, 6) is 1.97. The van der Waals surface area contributed by atoms with E-state index in [2.05, 4.69) is 10.3 Å². The number of rotatable bonds is 8. The molecular weight excluding hydrogens is 470 g/mol. The number of thiazole rings is 1. The van der Waals surface area contributed by atoms with Crippen molar-refractivity contribution < 1.29 is 19.1 Å². The van der Waals surface area contributed by atoms with Gasteiger partial charge >= 0.3 is 0 Å². The van der Waals surface area contributed by atoms with E-state index in [4.69, 9.17) is 9.47 Å². The molecule has 2 heterocycles. The highest BCUT2D eigenvalue weighted by atomic mass is 32.2. The Morgan fingerprint density at radius 2 is 2.00 bits per heavy atom. The van der Waals surface area contributed by atoms with Crippen molar-refractivity contribution in [3.05, 3.63) is 76.3 Å². The minimum Gasteiger partial charge on any atom is -0.497 e. The van der Waals surface area contributed by atoms with Gasteiger partial charge in [0.05, 0.1) is 23.7 Å². The maximum Gasteiger partial charge on any atom is 0.248 e. The standard InChI is InChI=1S/C25H25N3O4S2/c1-17-26-20(14-34-17)13-32-23-6-4-3-5-18(23)7-12-24(29)28-16-33-15-22(28)25(30)27-19-8-10-21(31-2)11-9-19/h3-12,14,22H,13,15-16H2,1-2H3,(H,27,30)/b12-7+. The van der Waals surface area contributed by atoms with E-state index in [1.54, 1.807) is 65.4 Å². The van der Waals surface area contributed by atoms with Crippen molar-refractivity contribution >= 4 is 46.7 Å². The molecule has 0 spiro atoms. The van der Waals surface area contributed by atoms with E-state index in [0.29, 0.717) is 35.4 Å². The molecular formula is C25H25N3O4S2. The molecule has 0 radical (unpaired) electrons. The van der Waals surface area contributed by atoms with E-state index < -0.39 is 6.04 Å². The molecule has 1 aliphatic rings. The molecule has 1 N–H and O–H groups in total. The van der Waals surface area contributed by atoms with Crippen molar-refractivity contribution in [2.24, 2.45) is 0 Å². The third kappa shape index (κ3) is 5.98. The van der Waals surface area contributed by atoms with Crippen LogP contribution in [0.4, 0.5) is 5.69 Å². The van der Waals surface area contributed by atoms with E-state index in [1.165, 1.54) is 6.08 Å². The molecule has 34 heavy (non-hydrogen) atoms. The molecule has 1 aliphatic heterocycles. The molecule has 1 saturated heterocycles. The van der Waals surface area contributed by atoms with Crippen LogP contribution in [0.5, 0.6) is 11.5 Å². The van der Waals surface area contributed by atoms with Gasteiger partial charge < -0.3 is 19.7 Å². The van der Waals surface area contributed by atoms with Crippen molar-refractivity contribution in [1.82, 2.24) is 9.88 Å². The molecule has 2 aromatic carbocycles. The zero-order chi connectivity index (χ0) is 23.9. The van der Waals surface area contributed by atoms with Crippen LogP contribution in [0.25, 0.3) is 6.08 Å². The number of ether oxygens (including phenoxy) is 2. The summed E-state index contributed by atoms with van der Waals surface area (Å²) in [5, 5.41) is 5.85. The normalized spacial score (nSPS) is 15.5. The molecule has 1 atom stereocenters. The average molecular weight is 496 g/mol. The van der Waals surface area contributed by atoms with E-state index in [1.807, 2.05) is 36.6 Å². The lowest BCUT2D eigenvalue weighted by Crippen LogP contribution is -2.43. The van der Waals surface area contributed by atoms with Crippen molar-refractivity contribution in [3.8, 4) is 11.5 Å². The third-order valence-electron chi connectivity index (χ3n) is 5.19. The number of carbonyl (C=O) groups excluding carboxylic acids is 2. The van der Waals surface area contributed by atoms with Gasteiger partial charge in [-0.1, -0.05) is 18.2 Å².